The number of fused-ring (bicyclic) bond motifs is 1. The van der Waals surface area contributed by atoms with Gasteiger partial charge in [-0.2, -0.15) is 0 Å². The molecule has 1 aromatic rings. The summed E-state index contributed by atoms with van der Waals surface area (Å²) in [6, 6.07) is 7.32. The van der Waals surface area contributed by atoms with Crippen molar-refractivity contribution in [1.29, 1.82) is 0 Å². The summed E-state index contributed by atoms with van der Waals surface area (Å²) in [4.78, 5) is 2.66. The number of nitrogens with zero attached hydrogens (tertiary/aromatic N) is 1. The number of likely N-dealkylation sites (tertiary alicyclic amines) is 1. The second-order valence-corrected chi connectivity index (χ2v) is 6.90. The van der Waals surface area contributed by atoms with E-state index in [0.29, 0.717) is 0 Å². The zero-order valence-corrected chi connectivity index (χ0v) is 12.1. The molecule has 0 unspecified atom stereocenters. The normalized spacial score (nSPS) is 26.1. The fourth-order valence-corrected chi connectivity index (χ4v) is 3.83. The summed E-state index contributed by atoms with van der Waals surface area (Å²) in [7, 11) is 0. The molecule has 96 valence electrons. The first kappa shape index (κ1) is 11.3. The van der Waals surface area contributed by atoms with E-state index in [1.807, 2.05) is 0 Å². The van der Waals surface area contributed by atoms with Gasteiger partial charge in [-0.1, -0.05) is 15.9 Å². The fourth-order valence-electron chi connectivity index (χ4n) is 3.42. The maximum Gasteiger partial charge on any atom is 0.123 e. The molecular formula is C15H18BrNO. The van der Waals surface area contributed by atoms with Crippen LogP contribution in [0.1, 0.15) is 31.2 Å². The Kier molecular flexibility index (Phi) is 2.50. The van der Waals surface area contributed by atoms with Gasteiger partial charge >= 0.3 is 0 Å². The van der Waals surface area contributed by atoms with Crippen molar-refractivity contribution in [3.05, 3.63) is 28.2 Å². The van der Waals surface area contributed by atoms with Gasteiger partial charge in [0, 0.05) is 42.9 Å². The van der Waals surface area contributed by atoms with Crippen molar-refractivity contribution in [2.75, 3.05) is 13.1 Å². The maximum absolute atomic E-state index is 6.29. The Hall–Kier alpha value is -0.540. The van der Waals surface area contributed by atoms with E-state index in [0.717, 1.165) is 22.7 Å². The Morgan fingerprint density at radius 3 is 2.72 bits per heavy atom. The van der Waals surface area contributed by atoms with Gasteiger partial charge in [-0.05, 0) is 36.6 Å². The second-order valence-electron chi connectivity index (χ2n) is 5.98. The van der Waals surface area contributed by atoms with E-state index < -0.39 is 0 Å². The van der Waals surface area contributed by atoms with Gasteiger partial charge < -0.3 is 9.64 Å². The molecule has 3 heteroatoms. The SMILES string of the molecule is Brc1ccc2c(c1)CC1(CCN(C3CC3)CC1)O2. The van der Waals surface area contributed by atoms with Crippen LogP contribution in [0.3, 0.4) is 0 Å². The molecule has 1 spiro atoms. The highest BCUT2D eigenvalue weighted by molar-refractivity contribution is 9.10. The van der Waals surface area contributed by atoms with Gasteiger partial charge in [-0.3, -0.25) is 0 Å². The lowest BCUT2D eigenvalue weighted by molar-refractivity contribution is 0.0170. The zero-order chi connectivity index (χ0) is 12.2. The Bertz CT molecular complexity index is 475. The zero-order valence-electron chi connectivity index (χ0n) is 10.5. The lowest BCUT2D eigenvalue weighted by atomic mass is 9.87. The first-order valence-electron chi connectivity index (χ1n) is 6.96. The number of halogens is 1. The van der Waals surface area contributed by atoms with E-state index in [1.165, 1.54) is 44.3 Å². The predicted molar refractivity (Wildman–Crippen MR) is 75.0 cm³/mol. The third-order valence-electron chi connectivity index (χ3n) is 4.63. The number of rotatable bonds is 1. The first-order chi connectivity index (χ1) is 8.74. The third kappa shape index (κ3) is 1.88. The largest absolute Gasteiger partial charge is 0.487 e. The van der Waals surface area contributed by atoms with Crippen molar-refractivity contribution >= 4 is 15.9 Å². The summed E-state index contributed by atoms with van der Waals surface area (Å²) >= 11 is 3.55. The van der Waals surface area contributed by atoms with Crippen molar-refractivity contribution < 1.29 is 4.74 Å². The molecule has 2 aliphatic heterocycles. The van der Waals surface area contributed by atoms with Gasteiger partial charge in [-0.25, -0.2) is 0 Å². The molecule has 2 nitrogen and oxygen atoms in total. The molecule has 1 aliphatic carbocycles. The van der Waals surface area contributed by atoms with Crippen LogP contribution >= 0.6 is 15.9 Å². The van der Waals surface area contributed by atoms with E-state index in [2.05, 4.69) is 39.0 Å². The molecule has 1 saturated heterocycles. The predicted octanol–water partition coefficient (Wildman–Crippen LogP) is 3.38. The van der Waals surface area contributed by atoms with Crippen LogP contribution in [0.15, 0.2) is 22.7 Å². The molecule has 0 amide bonds. The minimum atomic E-state index is 0.106. The second kappa shape index (κ2) is 3.97. The molecule has 2 fully saturated rings. The summed E-state index contributed by atoms with van der Waals surface area (Å²) in [6.07, 6.45) is 6.31. The molecule has 4 rings (SSSR count). The van der Waals surface area contributed by atoms with Crippen molar-refractivity contribution in [2.24, 2.45) is 0 Å². The van der Waals surface area contributed by atoms with Gasteiger partial charge in [0.05, 0.1) is 0 Å². The van der Waals surface area contributed by atoms with Crippen LogP contribution in [0, 0.1) is 0 Å². The maximum atomic E-state index is 6.29. The van der Waals surface area contributed by atoms with Crippen molar-refractivity contribution in [2.45, 2.75) is 43.7 Å². The topological polar surface area (TPSA) is 12.5 Å². The lowest BCUT2D eigenvalue weighted by Gasteiger charge is -2.38. The third-order valence-corrected chi connectivity index (χ3v) is 5.13. The van der Waals surface area contributed by atoms with E-state index in [-0.39, 0.29) is 5.60 Å². The van der Waals surface area contributed by atoms with Crippen LogP contribution in [0.4, 0.5) is 0 Å². The Morgan fingerprint density at radius 2 is 2.00 bits per heavy atom. The van der Waals surface area contributed by atoms with Gasteiger partial charge in [0.15, 0.2) is 0 Å². The Morgan fingerprint density at radius 1 is 1.22 bits per heavy atom. The van der Waals surface area contributed by atoms with Crippen LogP contribution in [-0.4, -0.2) is 29.6 Å². The van der Waals surface area contributed by atoms with Crippen molar-refractivity contribution in [3.8, 4) is 5.75 Å². The molecule has 18 heavy (non-hydrogen) atoms. The Balaban J connectivity index is 1.51. The molecule has 0 N–H and O–H groups in total. The number of hydrogen-bond donors (Lipinski definition) is 0. The highest BCUT2D eigenvalue weighted by atomic mass is 79.9. The smallest absolute Gasteiger partial charge is 0.123 e. The minimum Gasteiger partial charge on any atom is -0.487 e. The molecule has 0 radical (unpaired) electrons. The number of piperidine rings is 1. The van der Waals surface area contributed by atoms with Crippen LogP contribution in [0.5, 0.6) is 5.75 Å². The molecule has 0 aromatic heterocycles. The average molecular weight is 308 g/mol. The average Bonchev–Trinajstić information content (AvgIpc) is 3.13. The summed E-state index contributed by atoms with van der Waals surface area (Å²) < 4.78 is 7.46. The molecule has 2 heterocycles. The summed E-state index contributed by atoms with van der Waals surface area (Å²) in [5, 5.41) is 0. The number of hydrogen-bond acceptors (Lipinski definition) is 2. The minimum absolute atomic E-state index is 0.106. The van der Waals surface area contributed by atoms with Crippen molar-refractivity contribution in [3.63, 3.8) is 0 Å². The Labute approximate surface area is 116 Å². The van der Waals surface area contributed by atoms with Crippen LogP contribution in [0.2, 0.25) is 0 Å². The fraction of sp³-hybridized carbons (Fsp3) is 0.600. The standard InChI is InChI=1S/C15H18BrNO/c16-12-1-4-14-11(9-12)10-15(18-14)5-7-17(8-6-15)13-2-3-13/h1,4,9,13H,2-3,5-8,10H2. The van der Waals surface area contributed by atoms with Crippen molar-refractivity contribution in [1.82, 2.24) is 4.90 Å². The number of ether oxygens (including phenoxy) is 1. The van der Waals surface area contributed by atoms with E-state index >= 15 is 0 Å². The monoisotopic (exact) mass is 307 g/mol. The molecule has 1 aromatic carbocycles. The van der Waals surface area contributed by atoms with E-state index in [9.17, 15) is 0 Å². The van der Waals surface area contributed by atoms with Gasteiger partial charge in [0.2, 0.25) is 0 Å². The lowest BCUT2D eigenvalue weighted by Crippen LogP contribution is -2.47. The van der Waals surface area contributed by atoms with E-state index in [1.54, 1.807) is 0 Å². The van der Waals surface area contributed by atoms with Crippen LogP contribution in [-0.2, 0) is 6.42 Å². The van der Waals surface area contributed by atoms with Gasteiger partial charge in [0.25, 0.3) is 0 Å². The highest BCUT2D eigenvalue weighted by Gasteiger charge is 2.44. The summed E-state index contributed by atoms with van der Waals surface area (Å²) in [5.74, 6) is 1.11. The first-order valence-corrected chi connectivity index (χ1v) is 7.75. The molecular weight excluding hydrogens is 290 g/mol. The quantitative estimate of drug-likeness (QED) is 0.788. The van der Waals surface area contributed by atoms with Gasteiger partial charge in [-0.15, -0.1) is 0 Å². The van der Waals surface area contributed by atoms with Crippen LogP contribution < -0.4 is 4.74 Å². The summed E-state index contributed by atoms with van der Waals surface area (Å²) in [6.45, 7) is 2.44. The molecule has 0 atom stereocenters. The van der Waals surface area contributed by atoms with Gasteiger partial charge in [0.1, 0.15) is 11.4 Å². The molecule has 0 bridgehead atoms. The molecule has 3 aliphatic rings. The van der Waals surface area contributed by atoms with Crippen LogP contribution in [0.25, 0.3) is 0 Å². The van der Waals surface area contributed by atoms with E-state index in [4.69, 9.17) is 4.74 Å². The highest BCUT2D eigenvalue weighted by Crippen LogP contribution is 2.43. The number of benzene rings is 1. The molecule has 1 saturated carbocycles. The summed E-state index contributed by atoms with van der Waals surface area (Å²) in [5.41, 5.74) is 1.48.